The van der Waals surface area contributed by atoms with E-state index in [0.29, 0.717) is 12.5 Å². The van der Waals surface area contributed by atoms with E-state index in [2.05, 4.69) is 5.10 Å². The fourth-order valence-corrected chi connectivity index (χ4v) is 1.07. The summed E-state index contributed by atoms with van der Waals surface area (Å²) in [5.74, 6) is -0.209. The molecule has 6 heteroatoms. The van der Waals surface area contributed by atoms with Crippen molar-refractivity contribution in [2.45, 2.75) is 26.1 Å². The van der Waals surface area contributed by atoms with Gasteiger partial charge in [-0.1, -0.05) is 13.8 Å². The molecule has 0 spiro atoms. The fraction of sp³-hybridized carbons (Fsp3) is 0.500. The molecule has 0 aromatic carbocycles. The Bertz CT molecular complexity index is 341. The van der Waals surface area contributed by atoms with E-state index in [9.17, 15) is 18.0 Å². The summed E-state index contributed by atoms with van der Waals surface area (Å²) in [5, 5.41) is 3.31. The van der Waals surface area contributed by atoms with Crippen LogP contribution >= 0.6 is 0 Å². The number of aldehydes is 1. The number of nitrogens with zero attached hydrogens (tertiary/aromatic N) is 2. The van der Waals surface area contributed by atoms with Gasteiger partial charge in [-0.05, 0) is 5.92 Å². The lowest BCUT2D eigenvalue weighted by molar-refractivity contribution is -0.212. The molecular formula is C8H9F3N2O. The standard InChI is InChI=1S/C8H9F3N2O/c1-5(2)7-6(4-14)3-13(12-7)8(9,10)11/h3-5H,1-2H3. The zero-order valence-electron chi connectivity index (χ0n) is 7.67. The molecule has 1 aromatic rings. The number of rotatable bonds is 2. The minimum atomic E-state index is -4.56. The summed E-state index contributed by atoms with van der Waals surface area (Å²) in [6.45, 7) is 3.35. The Morgan fingerprint density at radius 1 is 1.50 bits per heavy atom. The van der Waals surface area contributed by atoms with E-state index in [1.54, 1.807) is 13.8 Å². The summed E-state index contributed by atoms with van der Waals surface area (Å²) in [7, 11) is 0. The van der Waals surface area contributed by atoms with Gasteiger partial charge in [0.15, 0.2) is 6.29 Å². The molecule has 1 heterocycles. The van der Waals surface area contributed by atoms with Crippen LogP contribution in [0, 0.1) is 0 Å². The number of hydrogen-bond acceptors (Lipinski definition) is 2. The quantitative estimate of drug-likeness (QED) is 0.696. The van der Waals surface area contributed by atoms with Gasteiger partial charge >= 0.3 is 6.30 Å². The third-order valence-corrected chi connectivity index (χ3v) is 1.71. The van der Waals surface area contributed by atoms with Crippen molar-refractivity contribution in [3.63, 3.8) is 0 Å². The molecule has 1 rings (SSSR count). The Kier molecular flexibility index (Phi) is 2.64. The second-order valence-electron chi connectivity index (χ2n) is 3.15. The molecule has 0 saturated heterocycles. The van der Waals surface area contributed by atoms with E-state index < -0.39 is 6.30 Å². The maximum atomic E-state index is 12.2. The third kappa shape index (κ3) is 1.94. The van der Waals surface area contributed by atoms with Crippen LogP contribution in [0.3, 0.4) is 0 Å². The summed E-state index contributed by atoms with van der Waals surface area (Å²) in [4.78, 5) is 10.5. The monoisotopic (exact) mass is 206 g/mol. The van der Waals surface area contributed by atoms with Crippen molar-refractivity contribution in [2.75, 3.05) is 0 Å². The van der Waals surface area contributed by atoms with Crippen LogP contribution < -0.4 is 0 Å². The lowest BCUT2D eigenvalue weighted by Gasteiger charge is -2.04. The van der Waals surface area contributed by atoms with E-state index in [4.69, 9.17) is 0 Å². The van der Waals surface area contributed by atoms with Crippen LogP contribution in [-0.4, -0.2) is 16.1 Å². The van der Waals surface area contributed by atoms with Gasteiger partial charge in [0.05, 0.1) is 11.3 Å². The molecule has 0 unspecified atom stereocenters. The lowest BCUT2D eigenvalue weighted by atomic mass is 10.1. The molecule has 0 N–H and O–H groups in total. The Morgan fingerprint density at radius 2 is 2.07 bits per heavy atom. The summed E-state index contributed by atoms with van der Waals surface area (Å²) in [5.41, 5.74) is 0.148. The van der Waals surface area contributed by atoms with Crippen LogP contribution in [0.2, 0.25) is 0 Å². The Labute approximate surface area is 78.5 Å². The highest BCUT2D eigenvalue weighted by Gasteiger charge is 2.33. The van der Waals surface area contributed by atoms with Gasteiger partial charge in [0.25, 0.3) is 0 Å². The first-order valence-corrected chi connectivity index (χ1v) is 3.98. The van der Waals surface area contributed by atoms with Crippen molar-refractivity contribution in [1.82, 2.24) is 9.78 Å². The van der Waals surface area contributed by atoms with Gasteiger partial charge in [0.2, 0.25) is 0 Å². The first-order valence-electron chi connectivity index (χ1n) is 3.98. The van der Waals surface area contributed by atoms with Gasteiger partial charge in [0, 0.05) is 6.20 Å². The van der Waals surface area contributed by atoms with E-state index in [-0.39, 0.29) is 21.9 Å². The maximum Gasteiger partial charge on any atom is 0.504 e. The zero-order chi connectivity index (χ0) is 10.9. The first kappa shape index (κ1) is 10.7. The summed E-state index contributed by atoms with van der Waals surface area (Å²) < 4.78 is 36.3. The molecular weight excluding hydrogens is 197 g/mol. The summed E-state index contributed by atoms with van der Waals surface area (Å²) >= 11 is 0. The predicted molar refractivity (Wildman–Crippen MR) is 43.0 cm³/mol. The van der Waals surface area contributed by atoms with Gasteiger partial charge in [-0.25, -0.2) is 0 Å². The highest BCUT2D eigenvalue weighted by atomic mass is 19.4. The number of carbonyl (C=O) groups is 1. The van der Waals surface area contributed by atoms with E-state index in [1.807, 2.05) is 0 Å². The number of halogens is 3. The Balaban J connectivity index is 3.20. The van der Waals surface area contributed by atoms with E-state index in [0.717, 1.165) is 0 Å². The highest BCUT2D eigenvalue weighted by molar-refractivity contribution is 5.76. The molecule has 0 aliphatic heterocycles. The number of carbonyl (C=O) groups excluding carboxylic acids is 1. The molecule has 0 bridgehead atoms. The SMILES string of the molecule is CC(C)c1nn(C(F)(F)F)cc1C=O. The second kappa shape index (κ2) is 3.43. The van der Waals surface area contributed by atoms with Crippen molar-refractivity contribution < 1.29 is 18.0 Å². The van der Waals surface area contributed by atoms with Crippen LogP contribution in [0.4, 0.5) is 13.2 Å². The topological polar surface area (TPSA) is 34.9 Å². The second-order valence-corrected chi connectivity index (χ2v) is 3.15. The Morgan fingerprint density at radius 3 is 2.36 bits per heavy atom. The van der Waals surface area contributed by atoms with Crippen LogP contribution in [0.1, 0.15) is 35.8 Å². The van der Waals surface area contributed by atoms with Gasteiger partial charge in [-0.3, -0.25) is 4.79 Å². The predicted octanol–water partition coefficient (Wildman–Crippen LogP) is 2.30. The minimum Gasteiger partial charge on any atom is -0.298 e. The smallest absolute Gasteiger partial charge is 0.298 e. The highest BCUT2D eigenvalue weighted by Crippen LogP contribution is 2.24. The number of hydrogen-bond donors (Lipinski definition) is 0. The van der Waals surface area contributed by atoms with Crippen molar-refractivity contribution in [3.8, 4) is 0 Å². The van der Waals surface area contributed by atoms with Crippen molar-refractivity contribution in [1.29, 1.82) is 0 Å². The van der Waals surface area contributed by atoms with Crippen LogP contribution in [0.15, 0.2) is 6.20 Å². The molecule has 0 saturated carbocycles. The summed E-state index contributed by atoms with van der Waals surface area (Å²) in [6, 6.07) is 0. The van der Waals surface area contributed by atoms with Crippen LogP contribution in [-0.2, 0) is 6.30 Å². The lowest BCUT2D eigenvalue weighted by Crippen LogP contribution is -2.17. The maximum absolute atomic E-state index is 12.2. The van der Waals surface area contributed by atoms with E-state index in [1.165, 1.54) is 0 Å². The minimum absolute atomic E-state index is 0.0164. The van der Waals surface area contributed by atoms with Crippen molar-refractivity contribution in [2.24, 2.45) is 0 Å². The number of aromatic nitrogens is 2. The van der Waals surface area contributed by atoms with E-state index >= 15 is 0 Å². The fourth-order valence-electron chi connectivity index (χ4n) is 1.07. The number of alkyl halides is 3. The molecule has 0 aliphatic carbocycles. The zero-order valence-corrected chi connectivity index (χ0v) is 7.67. The first-order chi connectivity index (χ1) is 6.36. The molecule has 3 nitrogen and oxygen atoms in total. The van der Waals surface area contributed by atoms with Gasteiger partial charge in [-0.15, -0.1) is 13.2 Å². The normalized spacial score (nSPS) is 12.1. The largest absolute Gasteiger partial charge is 0.504 e. The molecule has 0 fully saturated rings. The van der Waals surface area contributed by atoms with Gasteiger partial charge < -0.3 is 0 Å². The molecule has 0 atom stereocenters. The van der Waals surface area contributed by atoms with Crippen molar-refractivity contribution >= 4 is 6.29 Å². The van der Waals surface area contributed by atoms with Crippen LogP contribution in [0.5, 0.6) is 0 Å². The third-order valence-electron chi connectivity index (χ3n) is 1.71. The molecule has 0 amide bonds. The van der Waals surface area contributed by atoms with Gasteiger partial charge in [-0.2, -0.15) is 9.78 Å². The van der Waals surface area contributed by atoms with Crippen LogP contribution in [0.25, 0.3) is 0 Å². The summed E-state index contributed by atoms with van der Waals surface area (Å²) in [6.07, 6.45) is -3.49. The molecule has 0 radical (unpaired) electrons. The average Bonchev–Trinajstić information content (AvgIpc) is 2.45. The van der Waals surface area contributed by atoms with Crippen molar-refractivity contribution in [3.05, 3.63) is 17.5 Å². The average molecular weight is 206 g/mol. The molecule has 78 valence electrons. The van der Waals surface area contributed by atoms with Gasteiger partial charge in [0.1, 0.15) is 0 Å². The molecule has 1 aromatic heterocycles. The molecule has 14 heavy (non-hydrogen) atoms. The Hall–Kier alpha value is -1.33. The molecule has 0 aliphatic rings.